The number of piperidine rings is 1. The summed E-state index contributed by atoms with van der Waals surface area (Å²) in [4.78, 5) is 28.2. The van der Waals surface area contributed by atoms with Gasteiger partial charge < -0.3 is 24.5 Å². The number of nitrogens with one attached hydrogen (secondary N) is 2. The summed E-state index contributed by atoms with van der Waals surface area (Å²) in [6.07, 6.45) is 3.37. The molecule has 0 bridgehead atoms. The van der Waals surface area contributed by atoms with Gasteiger partial charge in [-0.15, -0.1) is 0 Å². The lowest BCUT2D eigenvalue weighted by Crippen LogP contribution is -2.45. The van der Waals surface area contributed by atoms with E-state index in [0.717, 1.165) is 39.1 Å². The predicted molar refractivity (Wildman–Crippen MR) is 74.8 cm³/mol. The molecule has 2 heterocycles. The SMILES string of the molecule is COCCN1CCC(NC(=O)c2cn(C)c(=O)[nH]2)CC1. The second-order valence-electron chi connectivity index (χ2n) is 5.17. The molecule has 0 aromatic carbocycles. The maximum atomic E-state index is 12.0. The molecule has 0 aliphatic carbocycles. The van der Waals surface area contributed by atoms with Crippen LogP contribution in [-0.4, -0.2) is 59.8 Å². The summed E-state index contributed by atoms with van der Waals surface area (Å²) >= 11 is 0. The van der Waals surface area contributed by atoms with Gasteiger partial charge in [-0.05, 0) is 12.8 Å². The van der Waals surface area contributed by atoms with Gasteiger partial charge in [0.1, 0.15) is 5.69 Å². The topological polar surface area (TPSA) is 79.4 Å². The standard InChI is InChI=1S/C13H22N4O3/c1-16-9-11(15-13(16)19)12(18)14-10-3-5-17(6-4-10)7-8-20-2/h9-10H,3-8H2,1-2H3,(H,14,18)(H,15,19). The molecule has 20 heavy (non-hydrogen) atoms. The minimum Gasteiger partial charge on any atom is -0.383 e. The Morgan fingerprint density at radius 2 is 2.20 bits per heavy atom. The number of H-pyrrole nitrogens is 1. The van der Waals surface area contributed by atoms with E-state index in [1.165, 1.54) is 10.8 Å². The summed E-state index contributed by atoms with van der Waals surface area (Å²) in [5.41, 5.74) is 0.0452. The number of aromatic nitrogens is 2. The maximum absolute atomic E-state index is 12.0. The van der Waals surface area contributed by atoms with E-state index in [1.807, 2.05) is 0 Å². The summed E-state index contributed by atoms with van der Waals surface area (Å²) in [5.74, 6) is -0.210. The normalized spacial score (nSPS) is 17.3. The zero-order valence-corrected chi connectivity index (χ0v) is 12.0. The fourth-order valence-electron chi connectivity index (χ4n) is 2.39. The van der Waals surface area contributed by atoms with E-state index in [1.54, 1.807) is 14.2 Å². The first kappa shape index (κ1) is 14.8. The van der Waals surface area contributed by atoms with E-state index >= 15 is 0 Å². The Hall–Kier alpha value is -1.60. The van der Waals surface area contributed by atoms with Crippen molar-refractivity contribution in [3.05, 3.63) is 22.4 Å². The molecule has 1 aromatic rings. The Bertz CT molecular complexity index is 500. The number of hydrogen-bond donors (Lipinski definition) is 2. The van der Waals surface area contributed by atoms with Crippen molar-refractivity contribution < 1.29 is 9.53 Å². The van der Waals surface area contributed by atoms with E-state index in [9.17, 15) is 9.59 Å². The summed E-state index contributed by atoms with van der Waals surface area (Å²) < 4.78 is 6.42. The Kier molecular flexibility index (Phi) is 4.97. The number of methoxy groups -OCH3 is 1. The van der Waals surface area contributed by atoms with Crippen LogP contribution in [0.2, 0.25) is 0 Å². The van der Waals surface area contributed by atoms with Gasteiger partial charge >= 0.3 is 5.69 Å². The summed E-state index contributed by atoms with van der Waals surface area (Å²) in [6.45, 7) is 3.59. The highest BCUT2D eigenvalue weighted by molar-refractivity contribution is 5.92. The number of nitrogens with zero attached hydrogens (tertiary/aromatic N) is 2. The van der Waals surface area contributed by atoms with Gasteiger partial charge in [-0.3, -0.25) is 4.79 Å². The number of hydrogen-bond acceptors (Lipinski definition) is 4. The number of rotatable bonds is 5. The first-order valence-corrected chi connectivity index (χ1v) is 6.88. The van der Waals surface area contributed by atoms with Crippen molar-refractivity contribution >= 4 is 5.91 Å². The first-order valence-electron chi connectivity index (χ1n) is 6.88. The zero-order valence-electron chi connectivity index (χ0n) is 12.0. The largest absolute Gasteiger partial charge is 0.383 e. The van der Waals surface area contributed by atoms with Crippen LogP contribution in [0.25, 0.3) is 0 Å². The van der Waals surface area contributed by atoms with Crippen molar-refractivity contribution in [2.75, 3.05) is 33.4 Å². The van der Waals surface area contributed by atoms with Gasteiger partial charge in [0.15, 0.2) is 0 Å². The number of amides is 1. The van der Waals surface area contributed by atoms with Crippen LogP contribution in [0.1, 0.15) is 23.3 Å². The Balaban J connectivity index is 1.80. The molecule has 2 rings (SSSR count). The van der Waals surface area contributed by atoms with Crippen LogP contribution in [-0.2, 0) is 11.8 Å². The summed E-state index contributed by atoms with van der Waals surface area (Å²) in [6, 6.07) is 0.171. The van der Waals surface area contributed by atoms with Crippen molar-refractivity contribution in [1.82, 2.24) is 19.8 Å². The molecular weight excluding hydrogens is 260 g/mol. The molecule has 0 saturated carbocycles. The number of carbonyl (C=O) groups is 1. The van der Waals surface area contributed by atoms with Gasteiger partial charge in [0.2, 0.25) is 0 Å². The van der Waals surface area contributed by atoms with Crippen LogP contribution < -0.4 is 11.0 Å². The van der Waals surface area contributed by atoms with Gasteiger partial charge in [-0.1, -0.05) is 0 Å². The van der Waals surface area contributed by atoms with Crippen LogP contribution in [0.15, 0.2) is 11.0 Å². The quantitative estimate of drug-likeness (QED) is 0.767. The molecule has 7 heteroatoms. The first-order chi connectivity index (χ1) is 9.60. The number of carbonyl (C=O) groups excluding carboxylic acids is 1. The van der Waals surface area contributed by atoms with E-state index in [0.29, 0.717) is 5.69 Å². The van der Waals surface area contributed by atoms with E-state index < -0.39 is 0 Å². The highest BCUT2D eigenvalue weighted by Crippen LogP contribution is 2.10. The molecule has 7 nitrogen and oxygen atoms in total. The van der Waals surface area contributed by atoms with Crippen LogP contribution in [0.3, 0.4) is 0 Å². The van der Waals surface area contributed by atoms with Gasteiger partial charge in [-0.25, -0.2) is 4.79 Å². The number of imidazole rings is 1. The molecule has 1 aliphatic heterocycles. The number of likely N-dealkylation sites (tertiary alicyclic amines) is 1. The third-order valence-electron chi connectivity index (χ3n) is 3.66. The lowest BCUT2D eigenvalue weighted by Gasteiger charge is -2.31. The minimum atomic E-state index is -0.274. The predicted octanol–water partition coefficient (Wildman–Crippen LogP) is -0.446. The average Bonchev–Trinajstić information content (AvgIpc) is 2.78. The Morgan fingerprint density at radius 1 is 1.50 bits per heavy atom. The smallest absolute Gasteiger partial charge is 0.325 e. The minimum absolute atomic E-state index is 0.171. The van der Waals surface area contributed by atoms with Gasteiger partial charge in [-0.2, -0.15) is 0 Å². The Morgan fingerprint density at radius 3 is 2.75 bits per heavy atom. The molecular formula is C13H22N4O3. The van der Waals surface area contributed by atoms with Crippen molar-refractivity contribution in [3.8, 4) is 0 Å². The molecule has 1 fully saturated rings. The summed E-state index contributed by atoms with van der Waals surface area (Å²) in [5, 5.41) is 2.97. The molecule has 1 aromatic heterocycles. The van der Waals surface area contributed by atoms with Crippen molar-refractivity contribution in [2.24, 2.45) is 7.05 Å². The van der Waals surface area contributed by atoms with Crippen LogP contribution in [0.5, 0.6) is 0 Å². The van der Waals surface area contributed by atoms with Gasteiger partial charge in [0, 0.05) is 46.0 Å². The zero-order chi connectivity index (χ0) is 14.5. The second kappa shape index (κ2) is 6.71. The van der Waals surface area contributed by atoms with Gasteiger partial charge in [0.05, 0.1) is 6.61 Å². The fourth-order valence-corrected chi connectivity index (χ4v) is 2.39. The van der Waals surface area contributed by atoms with Crippen LogP contribution in [0.4, 0.5) is 0 Å². The second-order valence-corrected chi connectivity index (χ2v) is 5.17. The molecule has 1 amide bonds. The van der Waals surface area contributed by atoms with Crippen LogP contribution >= 0.6 is 0 Å². The van der Waals surface area contributed by atoms with Gasteiger partial charge in [0.25, 0.3) is 5.91 Å². The maximum Gasteiger partial charge on any atom is 0.325 e. The average molecular weight is 282 g/mol. The van der Waals surface area contributed by atoms with Crippen LogP contribution in [0, 0.1) is 0 Å². The fraction of sp³-hybridized carbons (Fsp3) is 0.692. The molecule has 112 valence electrons. The molecule has 0 unspecified atom stereocenters. The van der Waals surface area contributed by atoms with Crippen molar-refractivity contribution in [2.45, 2.75) is 18.9 Å². The highest BCUT2D eigenvalue weighted by atomic mass is 16.5. The molecule has 1 aliphatic rings. The van der Waals surface area contributed by atoms with Crippen molar-refractivity contribution in [3.63, 3.8) is 0 Å². The lowest BCUT2D eigenvalue weighted by atomic mass is 10.0. The highest BCUT2D eigenvalue weighted by Gasteiger charge is 2.21. The Labute approximate surface area is 117 Å². The third-order valence-corrected chi connectivity index (χ3v) is 3.66. The molecule has 2 N–H and O–H groups in total. The van der Waals surface area contributed by atoms with E-state index in [-0.39, 0.29) is 17.6 Å². The number of ether oxygens (including phenoxy) is 1. The lowest BCUT2D eigenvalue weighted by molar-refractivity contribution is 0.0888. The summed E-state index contributed by atoms with van der Waals surface area (Å²) in [7, 11) is 3.32. The van der Waals surface area contributed by atoms with E-state index in [4.69, 9.17) is 4.74 Å². The monoisotopic (exact) mass is 282 g/mol. The van der Waals surface area contributed by atoms with E-state index in [2.05, 4.69) is 15.2 Å². The number of aryl methyl sites for hydroxylation is 1. The molecule has 0 radical (unpaired) electrons. The number of aromatic amines is 1. The third kappa shape index (κ3) is 3.71. The molecule has 0 atom stereocenters. The molecule has 0 spiro atoms. The van der Waals surface area contributed by atoms with Crippen molar-refractivity contribution in [1.29, 1.82) is 0 Å². The molecule has 1 saturated heterocycles.